The van der Waals surface area contributed by atoms with Gasteiger partial charge in [0.25, 0.3) is 0 Å². The normalized spacial score (nSPS) is 10.4. The lowest BCUT2D eigenvalue weighted by atomic mass is 10.1. The summed E-state index contributed by atoms with van der Waals surface area (Å²) in [6.07, 6.45) is 0.903. The van der Waals surface area contributed by atoms with Crippen molar-refractivity contribution in [2.75, 3.05) is 13.7 Å². The first-order valence-corrected chi connectivity index (χ1v) is 10.5. The minimum Gasteiger partial charge on any atom is -0.497 e. The first-order chi connectivity index (χ1) is 14.7. The van der Waals surface area contributed by atoms with E-state index in [1.165, 1.54) is 16.7 Å². The molecule has 0 aliphatic heterocycles. The van der Waals surface area contributed by atoms with Gasteiger partial charge in [-0.05, 0) is 53.0 Å². The number of nitrogens with one attached hydrogen (secondary N) is 2. The van der Waals surface area contributed by atoms with Gasteiger partial charge in [-0.2, -0.15) is 0 Å². The van der Waals surface area contributed by atoms with Crippen LogP contribution < -0.4 is 15.4 Å². The Balaban J connectivity index is 1.36. The Labute approximate surface area is 184 Å². The Morgan fingerprint density at radius 2 is 1.47 bits per heavy atom. The summed E-state index contributed by atoms with van der Waals surface area (Å²) < 4.78 is 11.0. The van der Waals surface area contributed by atoms with Gasteiger partial charge in [-0.1, -0.05) is 66.7 Å². The van der Waals surface area contributed by atoms with E-state index >= 15 is 0 Å². The van der Waals surface area contributed by atoms with Crippen LogP contribution in [-0.2, 0) is 30.9 Å². The molecule has 0 fully saturated rings. The van der Waals surface area contributed by atoms with Gasteiger partial charge < -0.3 is 20.1 Å². The molecule has 0 heterocycles. The summed E-state index contributed by atoms with van der Waals surface area (Å²) in [5, 5.41) is 7.19. The van der Waals surface area contributed by atoms with E-state index in [-0.39, 0.29) is 0 Å². The Morgan fingerprint density at radius 3 is 2.23 bits per heavy atom. The Bertz CT molecular complexity index is 914. The summed E-state index contributed by atoms with van der Waals surface area (Å²) in [4.78, 5) is 0. The lowest BCUT2D eigenvalue weighted by Gasteiger charge is -2.12. The molecule has 30 heavy (non-hydrogen) atoms. The molecule has 0 aliphatic carbocycles. The van der Waals surface area contributed by atoms with Gasteiger partial charge in [-0.3, -0.25) is 0 Å². The number of hydrogen-bond acceptors (Lipinski definition) is 3. The average molecular weight is 421 g/mol. The van der Waals surface area contributed by atoms with E-state index in [1.807, 2.05) is 30.3 Å². The molecule has 3 aromatic rings. The number of thiocarbonyl (C=S) groups is 1. The van der Waals surface area contributed by atoms with Crippen molar-refractivity contribution in [3.05, 3.63) is 101 Å². The molecule has 4 nitrogen and oxygen atoms in total. The largest absolute Gasteiger partial charge is 0.497 e. The maximum atomic E-state index is 5.83. The van der Waals surface area contributed by atoms with Crippen molar-refractivity contribution < 1.29 is 9.47 Å². The van der Waals surface area contributed by atoms with E-state index in [1.54, 1.807) is 7.11 Å². The first kappa shape index (κ1) is 21.8. The standard InChI is InChI=1S/C25H28N2O2S/c1-28-24-12-10-20(11-13-24)14-15-26-25(30)27-17-22-8-5-9-23(16-22)19-29-18-21-6-3-2-4-7-21/h2-13,16H,14-15,17-19H2,1H3,(H2,26,27,30). The summed E-state index contributed by atoms with van der Waals surface area (Å²) in [5.41, 5.74) is 4.76. The minimum atomic E-state index is 0.591. The molecule has 5 heteroatoms. The summed E-state index contributed by atoms with van der Waals surface area (Å²) in [6.45, 7) is 2.67. The molecule has 0 unspecified atom stereocenters. The van der Waals surface area contributed by atoms with Crippen LogP contribution in [0.3, 0.4) is 0 Å². The van der Waals surface area contributed by atoms with Crippen LogP contribution in [0, 0.1) is 0 Å². The third kappa shape index (κ3) is 7.50. The van der Waals surface area contributed by atoms with E-state index in [0.717, 1.165) is 24.3 Å². The van der Waals surface area contributed by atoms with Crippen molar-refractivity contribution >= 4 is 17.3 Å². The Hall–Kier alpha value is -2.89. The average Bonchev–Trinajstić information content (AvgIpc) is 2.79. The van der Waals surface area contributed by atoms with Crippen LogP contribution in [0.4, 0.5) is 0 Å². The molecule has 0 saturated heterocycles. The van der Waals surface area contributed by atoms with Crippen LogP contribution in [0.15, 0.2) is 78.9 Å². The van der Waals surface area contributed by atoms with Crippen molar-refractivity contribution in [1.29, 1.82) is 0 Å². The second-order valence-electron chi connectivity index (χ2n) is 7.01. The summed E-state index contributed by atoms with van der Waals surface area (Å²) in [7, 11) is 1.67. The lowest BCUT2D eigenvalue weighted by molar-refractivity contribution is 0.107. The first-order valence-electron chi connectivity index (χ1n) is 10.1. The maximum absolute atomic E-state index is 5.83. The van der Waals surface area contributed by atoms with Crippen LogP contribution in [0.2, 0.25) is 0 Å². The molecule has 0 spiro atoms. The second kappa shape index (κ2) is 12.0. The van der Waals surface area contributed by atoms with Gasteiger partial charge in [0.2, 0.25) is 0 Å². The third-order valence-corrected chi connectivity index (χ3v) is 4.97. The summed E-state index contributed by atoms with van der Waals surface area (Å²) >= 11 is 5.40. The highest BCUT2D eigenvalue weighted by molar-refractivity contribution is 7.80. The van der Waals surface area contributed by atoms with Crippen molar-refractivity contribution in [1.82, 2.24) is 10.6 Å². The molecule has 3 aromatic carbocycles. The molecule has 0 radical (unpaired) electrons. The molecule has 2 N–H and O–H groups in total. The van der Waals surface area contributed by atoms with Crippen molar-refractivity contribution in [2.24, 2.45) is 0 Å². The number of methoxy groups -OCH3 is 1. The molecule has 0 amide bonds. The van der Waals surface area contributed by atoms with E-state index in [2.05, 4.69) is 59.2 Å². The van der Waals surface area contributed by atoms with E-state index in [4.69, 9.17) is 21.7 Å². The van der Waals surface area contributed by atoms with Crippen molar-refractivity contribution in [3.8, 4) is 5.75 Å². The molecule has 0 bridgehead atoms. The highest BCUT2D eigenvalue weighted by atomic mass is 32.1. The molecule has 3 rings (SSSR count). The minimum absolute atomic E-state index is 0.591. The van der Waals surface area contributed by atoms with Gasteiger partial charge in [-0.25, -0.2) is 0 Å². The number of rotatable bonds is 10. The lowest BCUT2D eigenvalue weighted by Crippen LogP contribution is -2.35. The number of ether oxygens (including phenoxy) is 2. The zero-order chi connectivity index (χ0) is 21.0. The Kier molecular flexibility index (Phi) is 8.69. The zero-order valence-electron chi connectivity index (χ0n) is 17.3. The predicted molar refractivity (Wildman–Crippen MR) is 126 cm³/mol. The van der Waals surface area contributed by atoms with Crippen LogP contribution in [0.5, 0.6) is 5.75 Å². The maximum Gasteiger partial charge on any atom is 0.166 e. The number of benzene rings is 3. The molecule has 0 saturated carbocycles. The zero-order valence-corrected chi connectivity index (χ0v) is 18.1. The van der Waals surface area contributed by atoms with E-state index in [0.29, 0.717) is 24.9 Å². The topological polar surface area (TPSA) is 42.5 Å². The third-order valence-electron chi connectivity index (χ3n) is 4.68. The van der Waals surface area contributed by atoms with Crippen LogP contribution in [-0.4, -0.2) is 18.8 Å². The monoisotopic (exact) mass is 420 g/mol. The van der Waals surface area contributed by atoms with Crippen LogP contribution >= 0.6 is 12.2 Å². The molecular weight excluding hydrogens is 392 g/mol. The fourth-order valence-corrected chi connectivity index (χ4v) is 3.22. The SMILES string of the molecule is COc1ccc(CCNC(=S)NCc2cccc(COCc3ccccc3)c2)cc1. The highest BCUT2D eigenvalue weighted by Gasteiger charge is 2.01. The number of hydrogen-bond donors (Lipinski definition) is 2. The molecule has 0 atom stereocenters. The quantitative estimate of drug-likeness (QED) is 0.469. The molecule has 0 aliphatic rings. The van der Waals surface area contributed by atoms with Gasteiger partial charge in [0.15, 0.2) is 5.11 Å². The van der Waals surface area contributed by atoms with Crippen LogP contribution in [0.25, 0.3) is 0 Å². The van der Waals surface area contributed by atoms with E-state index < -0.39 is 0 Å². The summed E-state index contributed by atoms with van der Waals surface area (Å²) in [5.74, 6) is 0.872. The fraction of sp³-hybridized carbons (Fsp3) is 0.240. The van der Waals surface area contributed by atoms with Crippen molar-refractivity contribution in [2.45, 2.75) is 26.2 Å². The van der Waals surface area contributed by atoms with Gasteiger partial charge in [-0.15, -0.1) is 0 Å². The van der Waals surface area contributed by atoms with Gasteiger partial charge in [0, 0.05) is 13.1 Å². The highest BCUT2D eigenvalue weighted by Crippen LogP contribution is 2.11. The van der Waals surface area contributed by atoms with Crippen LogP contribution in [0.1, 0.15) is 22.3 Å². The second-order valence-corrected chi connectivity index (χ2v) is 7.41. The predicted octanol–water partition coefficient (Wildman–Crippen LogP) is 4.62. The van der Waals surface area contributed by atoms with Gasteiger partial charge in [0.05, 0.1) is 20.3 Å². The smallest absolute Gasteiger partial charge is 0.166 e. The molecular formula is C25H28N2O2S. The van der Waals surface area contributed by atoms with Gasteiger partial charge in [0.1, 0.15) is 5.75 Å². The fourth-order valence-electron chi connectivity index (χ4n) is 3.05. The van der Waals surface area contributed by atoms with E-state index in [9.17, 15) is 0 Å². The summed E-state index contributed by atoms with van der Waals surface area (Å²) in [6, 6.07) is 26.7. The molecule has 0 aromatic heterocycles. The Morgan fingerprint density at radius 1 is 0.767 bits per heavy atom. The van der Waals surface area contributed by atoms with Gasteiger partial charge >= 0.3 is 0 Å². The van der Waals surface area contributed by atoms with Crippen molar-refractivity contribution in [3.63, 3.8) is 0 Å². The molecule has 156 valence electrons.